The summed E-state index contributed by atoms with van der Waals surface area (Å²) < 4.78 is 21.2. The van der Waals surface area contributed by atoms with Crippen LogP contribution in [-0.2, 0) is 9.53 Å². The van der Waals surface area contributed by atoms with E-state index in [2.05, 4.69) is 5.32 Å². The van der Waals surface area contributed by atoms with Gasteiger partial charge in [0.05, 0.1) is 12.7 Å². The first kappa shape index (κ1) is 17.9. The van der Waals surface area contributed by atoms with Crippen molar-refractivity contribution in [3.05, 3.63) is 17.7 Å². The molecule has 0 aliphatic carbocycles. The second-order valence-corrected chi connectivity index (χ2v) is 5.54. The lowest BCUT2D eigenvalue weighted by molar-refractivity contribution is -0.124. The summed E-state index contributed by atoms with van der Waals surface area (Å²) in [6.07, 6.45) is 1.84. The SMILES string of the molecule is CCC[C@H](C)NC(=O)COC(=O)c1cc(OC)c2c(c1)OCCO2. The first-order valence-corrected chi connectivity index (χ1v) is 7.99. The molecule has 1 aromatic carbocycles. The summed E-state index contributed by atoms with van der Waals surface area (Å²) in [4.78, 5) is 23.9. The van der Waals surface area contributed by atoms with Crippen LogP contribution >= 0.6 is 0 Å². The van der Waals surface area contributed by atoms with E-state index in [1.165, 1.54) is 19.2 Å². The van der Waals surface area contributed by atoms with Gasteiger partial charge in [0.1, 0.15) is 13.2 Å². The maximum Gasteiger partial charge on any atom is 0.338 e. The van der Waals surface area contributed by atoms with Gasteiger partial charge in [0.25, 0.3) is 5.91 Å². The number of methoxy groups -OCH3 is 1. The molecule has 0 fully saturated rings. The summed E-state index contributed by atoms with van der Waals surface area (Å²) in [6.45, 7) is 4.44. The number of esters is 1. The first-order chi connectivity index (χ1) is 11.5. The van der Waals surface area contributed by atoms with Crippen LogP contribution in [0.1, 0.15) is 37.0 Å². The molecule has 24 heavy (non-hydrogen) atoms. The van der Waals surface area contributed by atoms with Crippen molar-refractivity contribution in [1.82, 2.24) is 5.32 Å². The van der Waals surface area contributed by atoms with E-state index in [1.54, 1.807) is 0 Å². The Hall–Kier alpha value is -2.44. The molecule has 1 amide bonds. The molecule has 1 heterocycles. The van der Waals surface area contributed by atoms with Gasteiger partial charge < -0.3 is 24.3 Å². The van der Waals surface area contributed by atoms with Crippen LogP contribution < -0.4 is 19.5 Å². The number of hydrogen-bond donors (Lipinski definition) is 1. The molecule has 7 nitrogen and oxygen atoms in total. The van der Waals surface area contributed by atoms with E-state index in [1.807, 2.05) is 13.8 Å². The fraction of sp³-hybridized carbons (Fsp3) is 0.529. The van der Waals surface area contributed by atoms with E-state index in [0.717, 1.165) is 12.8 Å². The standard InChI is InChI=1S/C17H23NO6/c1-4-5-11(2)18-15(19)10-24-17(20)12-8-13(21-3)16-14(9-12)22-6-7-23-16/h8-9,11H,4-7,10H2,1-3H3,(H,18,19)/t11-/m0/s1. The van der Waals surface area contributed by atoms with Crippen molar-refractivity contribution >= 4 is 11.9 Å². The first-order valence-electron chi connectivity index (χ1n) is 7.99. The minimum absolute atomic E-state index is 0.0515. The van der Waals surface area contributed by atoms with Gasteiger partial charge in [0, 0.05) is 6.04 Å². The van der Waals surface area contributed by atoms with E-state index >= 15 is 0 Å². The van der Waals surface area contributed by atoms with Crippen LogP contribution in [0.5, 0.6) is 17.2 Å². The highest BCUT2D eigenvalue weighted by molar-refractivity contribution is 5.92. The van der Waals surface area contributed by atoms with Crippen LogP contribution in [0.25, 0.3) is 0 Å². The molecule has 0 spiro atoms. The number of ether oxygens (including phenoxy) is 4. The largest absolute Gasteiger partial charge is 0.493 e. The zero-order chi connectivity index (χ0) is 17.5. The minimum atomic E-state index is -0.622. The van der Waals surface area contributed by atoms with Crippen molar-refractivity contribution in [3.63, 3.8) is 0 Å². The predicted molar refractivity (Wildman–Crippen MR) is 86.8 cm³/mol. The van der Waals surface area contributed by atoms with E-state index < -0.39 is 5.97 Å². The Morgan fingerprint density at radius 2 is 2.04 bits per heavy atom. The molecule has 1 aliphatic heterocycles. The van der Waals surface area contributed by atoms with Gasteiger partial charge in [-0.15, -0.1) is 0 Å². The number of benzene rings is 1. The summed E-state index contributed by atoms with van der Waals surface area (Å²) in [5.74, 6) is 0.331. The number of nitrogens with one attached hydrogen (secondary N) is 1. The summed E-state index contributed by atoms with van der Waals surface area (Å²) in [5.41, 5.74) is 0.241. The Bertz CT molecular complexity index is 584. The minimum Gasteiger partial charge on any atom is -0.493 e. The van der Waals surface area contributed by atoms with Crippen LogP contribution in [0.4, 0.5) is 0 Å². The Labute approximate surface area is 141 Å². The summed E-state index contributed by atoms with van der Waals surface area (Å²) in [7, 11) is 1.48. The van der Waals surface area contributed by atoms with Crippen molar-refractivity contribution in [2.45, 2.75) is 32.7 Å². The van der Waals surface area contributed by atoms with Gasteiger partial charge >= 0.3 is 5.97 Å². The Morgan fingerprint density at radius 3 is 2.75 bits per heavy atom. The fourth-order valence-corrected chi connectivity index (χ4v) is 2.43. The van der Waals surface area contributed by atoms with E-state index in [0.29, 0.717) is 30.5 Å². The van der Waals surface area contributed by atoms with Gasteiger partial charge in [-0.2, -0.15) is 0 Å². The molecule has 0 aromatic heterocycles. The molecule has 132 valence electrons. The molecule has 1 aliphatic rings. The lowest BCUT2D eigenvalue weighted by Gasteiger charge is -2.21. The molecule has 7 heteroatoms. The second-order valence-electron chi connectivity index (χ2n) is 5.54. The second kappa shape index (κ2) is 8.42. The smallest absolute Gasteiger partial charge is 0.338 e. The van der Waals surface area contributed by atoms with Crippen LogP contribution in [0, 0.1) is 0 Å². The lowest BCUT2D eigenvalue weighted by Crippen LogP contribution is -2.35. The molecule has 0 unspecified atom stereocenters. The molecule has 0 saturated carbocycles. The van der Waals surface area contributed by atoms with Gasteiger partial charge in [-0.3, -0.25) is 4.79 Å². The van der Waals surface area contributed by atoms with Crippen LogP contribution in [0.2, 0.25) is 0 Å². The molecule has 0 saturated heterocycles. The van der Waals surface area contributed by atoms with Gasteiger partial charge in [-0.05, 0) is 25.5 Å². The zero-order valence-corrected chi connectivity index (χ0v) is 14.2. The van der Waals surface area contributed by atoms with Crippen molar-refractivity contribution in [2.24, 2.45) is 0 Å². The van der Waals surface area contributed by atoms with E-state index in [9.17, 15) is 9.59 Å². The number of hydrogen-bond acceptors (Lipinski definition) is 6. The predicted octanol–water partition coefficient (Wildman–Crippen LogP) is 1.93. The van der Waals surface area contributed by atoms with Gasteiger partial charge in [0.15, 0.2) is 18.1 Å². The third kappa shape index (κ3) is 4.53. The third-order valence-electron chi connectivity index (χ3n) is 3.53. The summed E-state index contributed by atoms with van der Waals surface area (Å²) >= 11 is 0. The molecule has 0 radical (unpaired) electrons. The van der Waals surface area contributed by atoms with Crippen LogP contribution in [0.3, 0.4) is 0 Å². The number of carbonyl (C=O) groups is 2. The molecular weight excluding hydrogens is 314 g/mol. The Kier molecular flexibility index (Phi) is 6.28. The van der Waals surface area contributed by atoms with Gasteiger partial charge in [-0.1, -0.05) is 13.3 Å². The average molecular weight is 337 g/mol. The summed E-state index contributed by atoms with van der Waals surface area (Å²) in [6, 6.07) is 3.08. The molecule has 2 rings (SSSR count). The average Bonchev–Trinajstić information content (AvgIpc) is 2.58. The lowest BCUT2D eigenvalue weighted by atomic mass is 10.1. The molecule has 1 atom stereocenters. The Morgan fingerprint density at radius 1 is 1.29 bits per heavy atom. The fourth-order valence-electron chi connectivity index (χ4n) is 2.43. The molecule has 1 N–H and O–H groups in total. The van der Waals surface area contributed by atoms with E-state index in [-0.39, 0.29) is 24.1 Å². The van der Waals surface area contributed by atoms with Crippen LogP contribution in [0.15, 0.2) is 12.1 Å². The topological polar surface area (TPSA) is 83.1 Å². The normalized spacial score (nSPS) is 13.8. The number of fused-ring (bicyclic) bond motifs is 1. The maximum atomic E-state index is 12.2. The Balaban J connectivity index is 1.98. The van der Waals surface area contributed by atoms with E-state index in [4.69, 9.17) is 18.9 Å². The zero-order valence-electron chi connectivity index (χ0n) is 14.2. The molecule has 1 aromatic rings. The quantitative estimate of drug-likeness (QED) is 0.766. The third-order valence-corrected chi connectivity index (χ3v) is 3.53. The highest BCUT2D eigenvalue weighted by atomic mass is 16.6. The van der Waals surface area contributed by atoms with Crippen molar-refractivity contribution in [3.8, 4) is 17.2 Å². The van der Waals surface area contributed by atoms with Crippen molar-refractivity contribution < 1.29 is 28.5 Å². The monoisotopic (exact) mass is 337 g/mol. The summed E-state index contributed by atoms with van der Waals surface area (Å²) in [5, 5.41) is 2.77. The van der Waals surface area contributed by atoms with Crippen molar-refractivity contribution in [1.29, 1.82) is 0 Å². The maximum absolute atomic E-state index is 12.2. The number of amides is 1. The molecular formula is C17H23NO6. The van der Waals surface area contributed by atoms with Crippen molar-refractivity contribution in [2.75, 3.05) is 26.9 Å². The van der Waals surface area contributed by atoms with Gasteiger partial charge in [0.2, 0.25) is 5.75 Å². The number of carbonyl (C=O) groups excluding carboxylic acids is 2. The molecule has 0 bridgehead atoms. The van der Waals surface area contributed by atoms with Gasteiger partial charge in [-0.25, -0.2) is 4.79 Å². The number of rotatable bonds is 7. The highest BCUT2D eigenvalue weighted by Gasteiger charge is 2.22. The highest BCUT2D eigenvalue weighted by Crippen LogP contribution is 2.40. The van der Waals surface area contributed by atoms with Crippen LogP contribution in [-0.4, -0.2) is 44.8 Å².